The number of aromatic nitrogens is 2. The van der Waals surface area contributed by atoms with Gasteiger partial charge in [-0.25, -0.2) is 9.97 Å². The van der Waals surface area contributed by atoms with E-state index in [-0.39, 0.29) is 18.1 Å². The number of fused-ring (bicyclic) bond motifs is 1. The third kappa shape index (κ3) is 4.30. The standard InChI is InChI=1S/C22H27N5O2S/c1-14(2)26-21(28)19-18(16-7-5-9-25-22(16)30-19)17-13-27(10-11-29-17)12-15-6-4-8-24-20(15)23-3/h4-9,14,17H,10-13H2,1-3H3,(H,23,24)(H,26,28)/t17-/m1/s1. The van der Waals surface area contributed by atoms with Gasteiger partial charge in [-0.1, -0.05) is 12.1 Å². The van der Waals surface area contributed by atoms with E-state index in [0.29, 0.717) is 18.0 Å². The van der Waals surface area contributed by atoms with E-state index in [9.17, 15) is 4.79 Å². The number of carbonyl (C=O) groups excluding carboxylic acids is 1. The molecular weight excluding hydrogens is 398 g/mol. The van der Waals surface area contributed by atoms with Crippen LogP contribution in [0.5, 0.6) is 0 Å². The van der Waals surface area contributed by atoms with Crippen LogP contribution in [0.25, 0.3) is 10.2 Å². The molecule has 1 atom stereocenters. The van der Waals surface area contributed by atoms with Crippen LogP contribution >= 0.6 is 11.3 Å². The summed E-state index contributed by atoms with van der Waals surface area (Å²) in [5.41, 5.74) is 2.10. The molecule has 4 rings (SSSR count). The number of hydrogen-bond donors (Lipinski definition) is 2. The minimum atomic E-state index is -0.181. The molecule has 7 nitrogen and oxygen atoms in total. The molecule has 0 aliphatic carbocycles. The maximum absolute atomic E-state index is 12.9. The molecule has 4 heterocycles. The highest BCUT2D eigenvalue weighted by atomic mass is 32.1. The highest BCUT2D eigenvalue weighted by Gasteiger charge is 2.30. The van der Waals surface area contributed by atoms with Crippen molar-refractivity contribution in [3.05, 3.63) is 52.7 Å². The van der Waals surface area contributed by atoms with Gasteiger partial charge in [0.05, 0.1) is 12.7 Å². The zero-order valence-corrected chi connectivity index (χ0v) is 18.3. The van der Waals surface area contributed by atoms with Crippen molar-refractivity contribution in [3.63, 3.8) is 0 Å². The highest BCUT2D eigenvalue weighted by Crippen LogP contribution is 2.37. The Bertz CT molecular complexity index is 1040. The molecule has 0 aromatic carbocycles. The maximum Gasteiger partial charge on any atom is 0.262 e. The lowest BCUT2D eigenvalue weighted by atomic mass is 10.0. The third-order valence-electron chi connectivity index (χ3n) is 5.13. The molecule has 1 saturated heterocycles. The quantitative estimate of drug-likeness (QED) is 0.630. The van der Waals surface area contributed by atoms with Crippen molar-refractivity contribution in [3.8, 4) is 0 Å². The van der Waals surface area contributed by atoms with Crippen LogP contribution in [0.3, 0.4) is 0 Å². The Labute approximate surface area is 180 Å². The number of thiophene rings is 1. The number of nitrogens with one attached hydrogen (secondary N) is 2. The van der Waals surface area contributed by atoms with Gasteiger partial charge in [-0.15, -0.1) is 11.3 Å². The van der Waals surface area contributed by atoms with E-state index in [1.807, 2.05) is 39.1 Å². The fourth-order valence-electron chi connectivity index (χ4n) is 3.82. The van der Waals surface area contributed by atoms with Crippen molar-refractivity contribution in [2.75, 3.05) is 32.1 Å². The predicted octanol–water partition coefficient (Wildman–Crippen LogP) is 3.44. The molecule has 1 aliphatic rings. The fourth-order valence-corrected chi connectivity index (χ4v) is 4.92. The molecule has 0 saturated carbocycles. The van der Waals surface area contributed by atoms with Gasteiger partial charge in [0.15, 0.2) is 0 Å². The molecule has 3 aromatic rings. The second-order valence-electron chi connectivity index (χ2n) is 7.68. The number of rotatable bonds is 6. The summed E-state index contributed by atoms with van der Waals surface area (Å²) < 4.78 is 6.18. The van der Waals surface area contributed by atoms with Crippen molar-refractivity contribution in [1.82, 2.24) is 20.2 Å². The first-order chi connectivity index (χ1) is 14.6. The van der Waals surface area contributed by atoms with E-state index in [0.717, 1.165) is 40.3 Å². The summed E-state index contributed by atoms with van der Waals surface area (Å²) in [6.45, 7) is 6.87. The van der Waals surface area contributed by atoms with Gasteiger partial charge in [-0.05, 0) is 26.0 Å². The second-order valence-corrected chi connectivity index (χ2v) is 8.68. The van der Waals surface area contributed by atoms with Crippen LogP contribution in [-0.4, -0.2) is 53.6 Å². The molecule has 0 bridgehead atoms. The average molecular weight is 426 g/mol. The van der Waals surface area contributed by atoms with Crippen LogP contribution in [0.1, 0.15) is 40.8 Å². The number of pyridine rings is 2. The van der Waals surface area contributed by atoms with Gasteiger partial charge >= 0.3 is 0 Å². The molecule has 0 radical (unpaired) electrons. The van der Waals surface area contributed by atoms with E-state index in [1.165, 1.54) is 11.3 Å². The number of hydrogen-bond acceptors (Lipinski definition) is 7. The van der Waals surface area contributed by atoms with Crippen LogP contribution < -0.4 is 10.6 Å². The monoisotopic (exact) mass is 425 g/mol. The Balaban J connectivity index is 1.63. The zero-order valence-electron chi connectivity index (χ0n) is 17.5. The molecule has 2 N–H and O–H groups in total. The van der Waals surface area contributed by atoms with E-state index >= 15 is 0 Å². The fraction of sp³-hybridized carbons (Fsp3) is 0.409. The topological polar surface area (TPSA) is 79.4 Å². The molecule has 30 heavy (non-hydrogen) atoms. The van der Waals surface area contributed by atoms with Crippen molar-refractivity contribution in [2.24, 2.45) is 0 Å². The first-order valence-corrected chi connectivity index (χ1v) is 11.0. The Morgan fingerprint density at radius 2 is 2.10 bits per heavy atom. The second kappa shape index (κ2) is 9.07. The van der Waals surface area contributed by atoms with Gasteiger partial charge in [-0.2, -0.15) is 0 Å². The van der Waals surface area contributed by atoms with Crippen molar-refractivity contribution in [2.45, 2.75) is 32.5 Å². The Morgan fingerprint density at radius 1 is 1.30 bits per heavy atom. The van der Waals surface area contributed by atoms with Gasteiger partial charge in [-0.3, -0.25) is 9.69 Å². The van der Waals surface area contributed by atoms with Crippen molar-refractivity contribution in [1.29, 1.82) is 0 Å². The van der Waals surface area contributed by atoms with E-state index in [2.05, 4.69) is 31.6 Å². The average Bonchev–Trinajstić information content (AvgIpc) is 3.14. The minimum Gasteiger partial charge on any atom is -0.373 e. The predicted molar refractivity (Wildman–Crippen MR) is 120 cm³/mol. The lowest BCUT2D eigenvalue weighted by Gasteiger charge is -2.33. The zero-order chi connectivity index (χ0) is 21.1. The van der Waals surface area contributed by atoms with Gasteiger partial charge in [0.2, 0.25) is 0 Å². The van der Waals surface area contributed by atoms with Crippen LogP contribution in [0, 0.1) is 0 Å². The van der Waals surface area contributed by atoms with Crippen LogP contribution in [0.15, 0.2) is 36.7 Å². The van der Waals surface area contributed by atoms with Gasteiger partial charge in [0, 0.05) is 61.6 Å². The van der Waals surface area contributed by atoms with E-state index < -0.39 is 0 Å². The molecule has 1 amide bonds. The molecule has 1 aliphatic heterocycles. The van der Waals surface area contributed by atoms with Gasteiger partial charge < -0.3 is 15.4 Å². The number of amides is 1. The smallest absolute Gasteiger partial charge is 0.262 e. The number of ether oxygens (including phenoxy) is 1. The normalized spacial score (nSPS) is 17.4. The van der Waals surface area contributed by atoms with Gasteiger partial charge in [0.25, 0.3) is 5.91 Å². The highest BCUT2D eigenvalue weighted by molar-refractivity contribution is 7.20. The molecule has 0 unspecified atom stereocenters. The molecular formula is C22H27N5O2S. The Kier molecular flexibility index (Phi) is 6.26. The number of morpholine rings is 1. The van der Waals surface area contributed by atoms with Gasteiger partial charge in [0.1, 0.15) is 15.5 Å². The molecule has 0 spiro atoms. The first-order valence-electron chi connectivity index (χ1n) is 10.2. The first kappa shape index (κ1) is 20.7. The van der Waals surface area contributed by atoms with Crippen LogP contribution in [-0.2, 0) is 11.3 Å². The Morgan fingerprint density at radius 3 is 2.90 bits per heavy atom. The Hall–Kier alpha value is -2.55. The van der Waals surface area contributed by atoms with Crippen molar-refractivity contribution < 1.29 is 9.53 Å². The molecule has 1 fully saturated rings. The van der Waals surface area contributed by atoms with E-state index in [1.54, 1.807) is 12.4 Å². The SMILES string of the molecule is CNc1ncccc1CN1CCO[C@@H](c2c(C(=O)NC(C)C)sc3ncccc23)C1. The largest absolute Gasteiger partial charge is 0.373 e. The molecule has 158 valence electrons. The lowest BCUT2D eigenvalue weighted by molar-refractivity contribution is -0.0322. The maximum atomic E-state index is 12.9. The minimum absolute atomic E-state index is 0.0616. The van der Waals surface area contributed by atoms with Crippen LogP contribution in [0.2, 0.25) is 0 Å². The number of nitrogens with zero attached hydrogens (tertiary/aromatic N) is 3. The molecule has 3 aromatic heterocycles. The lowest BCUT2D eigenvalue weighted by Crippen LogP contribution is -2.39. The number of carbonyl (C=O) groups is 1. The summed E-state index contributed by atoms with van der Waals surface area (Å²) >= 11 is 1.44. The summed E-state index contributed by atoms with van der Waals surface area (Å²) in [6.07, 6.45) is 3.38. The summed E-state index contributed by atoms with van der Waals surface area (Å²) in [7, 11) is 1.89. The summed E-state index contributed by atoms with van der Waals surface area (Å²) in [6, 6.07) is 8.06. The third-order valence-corrected chi connectivity index (χ3v) is 6.25. The summed E-state index contributed by atoms with van der Waals surface area (Å²) in [5, 5.41) is 7.19. The van der Waals surface area contributed by atoms with Crippen molar-refractivity contribution >= 4 is 33.3 Å². The summed E-state index contributed by atoms with van der Waals surface area (Å²) in [5.74, 6) is 0.830. The van der Waals surface area contributed by atoms with E-state index in [4.69, 9.17) is 4.74 Å². The van der Waals surface area contributed by atoms with Crippen LogP contribution in [0.4, 0.5) is 5.82 Å². The molecule has 8 heteroatoms. The number of anilines is 1. The summed E-state index contributed by atoms with van der Waals surface area (Å²) in [4.78, 5) is 25.7.